The highest BCUT2D eigenvalue weighted by atomic mass is 16.3. The van der Waals surface area contributed by atoms with E-state index in [1.54, 1.807) is 0 Å². The third-order valence-corrected chi connectivity index (χ3v) is 3.13. The first-order valence-electron chi connectivity index (χ1n) is 6.08. The second kappa shape index (κ2) is 5.80. The summed E-state index contributed by atoms with van der Waals surface area (Å²) in [5, 5.41) is 20.1. The minimum atomic E-state index is 0.117. The van der Waals surface area contributed by atoms with Gasteiger partial charge in [-0.2, -0.15) is 5.10 Å². The van der Waals surface area contributed by atoms with Gasteiger partial charge in [-0.25, -0.2) is 0 Å². The number of aliphatic hydroxyl groups excluding tert-OH is 1. The van der Waals surface area contributed by atoms with Crippen molar-refractivity contribution in [3.8, 4) is 0 Å². The van der Waals surface area contributed by atoms with Crippen molar-refractivity contribution in [2.45, 2.75) is 38.0 Å². The van der Waals surface area contributed by atoms with Crippen molar-refractivity contribution in [1.29, 1.82) is 0 Å². The third kappa shape index (κ3) is 2.92. The average molecular weight is 221 g/mol. The van der Waals surface area contributed by atoms with E-state index in [1.165, 1.54) is 32.1 Å². The first kappa shape index (κ1) is 11.3. The lowest BCUT2D eigenvalue weighted by Gasteiger charge is -2.20. The van der Waals surface area contributed by atoms with Crippen LogP contribution in [0.4, 0.5) is 5.82 Å². The predicted octanol–water partition coefficient (Wildman–Crippen LogP) is 1.93. The maximum absolute atomic E-state index is 8.68. The maximum Gasteiger partial charge on any atom is 0.148 e. The Balaban J connectivity index is 1.95. The summed E-state index contributed by atoms with van der Waals surface area (Å²) in [6, 6.07) is 4.01. The zero-order valence-electron chi connectivity index (χ0n) is 9.52. The number of nitrogens with one attached hydrogen (secondary N) is 1. The molecule has 1 aromatic heterocycles. The van der Waals surface area contributed by atoms with Crippen LogP contribution in [0.15, 0.2) is 12.1 Å². The third-order valence-electron chi connectivity index (χ3n) is 3.13. The SMILES string of the molecule is OCCNc1ccc(C2CCCCC2)nn1. The Labute approximate surface area is 96.1 Å². The summed E-state index contributed by atoms with van der Waals surface area (Å²) in [6.45, 7) is 0.642. The van der Waals surface area contributed by atoms with E-state index in [-0.39, 0.29) is 6.61 Å². The van der Waals surface area contributed by atoms with Crippen LogP contribution in [-0.2, 0) is 0 Å². The van der Waals surface area contributed by atoms with Gasteiger partial charge in [0, 0.05) is 12.5 Å². The zero-order valence-corrected chi connectivity index (χ0v) is 9.52. The molecule has 0 radical (unpaired) electrons. The molecule has 88 valence electrons. The summed E-state index contributed by atoms with van der Waals surface area (Å²) < 4.78 is 0. The summed E-state index contributed by atoms with van der Waals surface area (Å²) in [5.41, 5.74) is 1.12. The molecule has 4 heteroatoms. The van der Waals surface area contributed by atoms with Crippen LogP contribution in [0.3, 0.4) is 0 Å². The van der Waals surface area contributed by atoms with Crippen LogP contribution >= 0.6 is 0 Å². The molecule has 1 aliphatic carbocycles. The first-order valence-corrected chi connectivity index (χ1v) is 6.08. The molecule has 0 aliphatic heterocycles. The average Bonchev–Trinajstić information content (AvgIpc) is 2.38. The van der Waals surface area contributed by atoms with Gasteiger partial charge in [0.05, 0.1) is 12.3 Å². The molecule has 0 atom stereocenters. The van der Waals surface area contributed by atoms with Gasteiger partial charge in [0.2, 0.25) is 0 Å². The maximum atomic E-state index is 8.68. The van der Waals surface area contributed by atoms with Crippen molar-refractivity contribution >= 4 is 5.82 Å². The van der Waals surface area contributed by atoms with E-state index in [2.05, 4.69) is 21.6 Å². The van der Waals surface area contributed by atoms with E-state index in [0.717, 1.165) is 11.5 Å². The Morgan fingerprint density at radius 3 is 2.62 bits per heavy atom. The van der Waals surface area contributed by atoms with Crippen molar-refractivity contribution in [1.82, 2.24) is 10.2 Å². The molecule has 0 unspecified atom stereocenters. The van der Waals surface area contributed by atoms with Gasteiger partial charge in [-0.15, -0.1) is 5.10 Å². The second-order valence-electron chi connectivity index (χ2n) is 4.33. The molecule has 0 bridgehead atoms. The van der Waals surface area contributed by atoms with Crippen LogP contribution in [0.5, 0.6) is 0 Å². The van der Waals surface area contributed by atoms with Gasteiger partial charge in [0.15, 0.2) is 0 Å². The summed E-state index contributed by atoms with van der Waals surface area (Å²) in [7, 11) is 0. The van der Waals surface area contributed by atoms with Crippen molar-refractivity contribution in [2.75, 3.05) is 18.5 Å². The molecule has 2 rings (SSSR count). The zero-order chi connectivity index (χ0) is 11.2. The molecule has 4 nitrogen and oxygen atoms in total. The Morgan fingerprint density at radius 1 is 1.19 bits per heavy atom. The predicted molar refractivity (Wildman–Crippen MR) is 63.4 cm³/mol. The fourth-order valence-electron chi connectivity index (χ4n) is 2.24. The quantitative estimate of drug-likeness (QED) is 0.815. The first-order chi connectivity index (χ1) is 7.90. The highest BCUT2D eigenvalue weighted by molar-refractivity contribution is 5.33. The summed E-state index contributed by atoms with van der Waals surface area (Å²) in [6.07, 6.45) is 6.49. The van der Waals surface area contributed by atoms with E-state index >= 15 is 0 Å². The lowest BCUT2D eigenvalue weighted by Crippen LogP contribution is -2.10. The summed E-state index contributed by atoms with van der Waals surface area (Å²) >= 11 is 0. The Hall–Kier alpha value is -1.16. The van der Waals surface area contributed by atoms with Crippen molar-refractivity contribution < 1.29 is 5.11 Å². The number of aliphatic hydroxyl groups is 1. The van der Waals surface area contributed by atoms with Crippen LogP contribution in [0.2, 0.25) is 0 Å². The molecule has 0 aromatic carbocycles. The Kier molecular flexibility index (Phi) is 4.10. The normalized spacial score (nSPS) is 17.3. The second-order valence-corrected chi connectivity index (χ2v) is 4.33. The van der Waals surface area contributed by atoms with Gasteiger partial charge < -0.3 is 10.4 Å². The molecule has 2 N–H and O–H groups in total. The van der Waals surface area contributed by atoms with Crippen molar-refractivity contribution in [3.05, 3.63) is 17.8 Å². The van der Waals surface area contributed by atoms with Crippen molar-refractivity contribution in [2.24, 2.45) is 0 Å². The number of hydrogen-bond acceptors (Lipinski definition) is 4. The minimum Gasteiger partial charge on any atom is -0.395 e. The number of aromatic nitrogens is 2. The highest BCUT2D eigenvalue weighted by Gasteiger charge is 2.16. The van der Waals surface area contributed by atoms with Gasteiger partial charge in [-0.1, -0.05) is 19.3 Å². The number of rotatable bonds is 4. The summed E-state index contributed by atoms with van der Waals surface area (Å²) in [4.78, 5) is 0. The smallest absolute Gasteiger partial charge is 0.148 e. The van der Waals surface area contributed by atoms with Crippen LogP contribution in [-0.4, -0.2) is 28.5 Å². The molecule has 16 heavy (non-hydrogen) atoms. The molecule has 1 fully saturated rings. The molecule has 1 aliphatic rings. The van der Waals surface area contributed by atoms with Gasteiger partial charge in [-0.3, -0.25) is 0 Å². The van der Waals surface area contributed by atoms with Crippen LogP contribution < -0.4 is 5.32 Å². The van der Waals surface area contributed by atoms with Crippen LogP contribution in [0.25, 0.3) is 0 Å². The molecule has 1 heterocycles. The molecule has 0 spiro atoms. The standard InChI is InChI=1S/C12H19N3O/c16-9-8-13-12-7-6-11(14-15-12)10-4-2-1-3-5-10/h6-7,10,16H,1-5,8-9H2,(H,13,15). The molecule has 1 aromatic rings. The lowest BCUT2D eigenvalue weighted by atomic mass is 9.87. The lowest BCUT2D eigenvalue weighted by molar-refractivity contribution is 0.311. The van der Waals surface area contributed by atoms with Crippen LogP contribution in [0.1, 0.15) is 43.7 Å². The van der Waals surface area contributed by atoms with E-state index in [4.69, 9.17) is 5.11 Å². The van der Waals surface area contributed by atoms with E-state index in [9.17, 15) is 0 Å². The number of hydrogen-bond donors (Lipinski definition) is 2. The molecule has 0 saturated heterocycles. The number of anilines is 1. The molecular weight excluding hydrogens is 202 g/mol. The fraction of sp³-hybridized carbons (Fsp3) is 0.667. The number of nitrogens with zero attached hydrogens (tertiary/aromatic N) is 2. The Morgan fingerprint density at radius 2 is 2.00 bits per heavy atom. The fourth-order valence-corrected chi connectivity index (χ4v) is 2.24. The van der Waals surface area contributed by atoms with Gasteiger partial charge >= 0.3 is 0 Å². The monoisotopic (exact) mass is 221 g/mol. The minimum absolute atomic E-state index is 0.117. The van der Waals surface area contributed by atoms with E-state index in [0.29, 0.717) is 12.5 Å². The van der Waals surface area contributed by atoms with Gasteiger partial charge in [0.25, 0.3) is 0 Å². The molecule has 0 amide bonds. The van der Waals surface area contributed by atoms with Crippen molar-refractivity contribution in [3.63, 3.8) is 0 Å². The largest absolute Gasteiger partial charge is 0.395 e. The topological polar surface area (TPSA) is 58.0 Å². The van der Waals surface area contributed by atoms with E-state index < -0.39 is 0 Å². The van der Waals surface area contributed by atoms with E-state index in [1.807, 2.05) is 6.07 Å². The van der Waals surface area contributed by atoms with Crippen LogP contribution in [0, 0.1) is 0 Å². The summed E-state index contributed by atoms with van der Waals surface area (Å²) in [5.74, 6) is 1.35. The highest BCUT2D eigenvalue weighted by Crippen LogP contribution is 2.31. The molecular formula is C12H19N3O. The Bertz CT molecular complexity index is 307. The van der Waals surface area contributed by atoms with Gasteiger partial charge in [0.1, 0.15) is 5.82 Å². The molecule has 1 saturated carbocycles. The van der Waals surface area contributed by atoms with Gasteiger partial charge in [-0.05, 0) is 25.0 Å².